The van der Waals surface area contributed by atoms with Gasteiger partial charge in [-0.25, -0.2) is 0 Å². The summed E-state index contributed by atoms with van der Waals surface area (Å²) in [6.45, 7) is 0. The van der Waals surface area contributed by atoms with Gasteiger partial charge in [0.2, 0.25) is 0 Å². The third-order valence-electron chi connectivity index (χ3n) is 3.20. The van der Waals surface area contributed by atoms with Gasteiger partial charge in [0, 0.05) is 5.02 Å². The van der Waals surface area contributed by atoms with Gasteiger partial charge < -0.3 is 9.84 Å². The van der Waals surface area contributed by atoms with Crippen molar-refractivity contribution < 1.29 is 14.6 Å². The lowest BCUT2D eigenvalue weighted by atomic mass is 9.92. The van der Waals surface area contributed by atoms with Crippen LogP contribution in [0.2, 0.25) is 5.02 Å². The van der Waals surface area contributed by atoms with Crippen molar-refractivity contribution in [3.8, 4) is 5.75 Å². The van der Waals surface area contributed by atoms with Crippen molar-refractivity contribution in [3.05, 3.63) is 64.7 Å². The summed E-state index contributed by atoms with van der Waals surface area (Å²) in [5.74, 6) is -0.786. The maximum absolute atomic E-state index is 11.5. The Labute approximate surface area is 122 Å². The van der Waals surface area contributed by atoms with Gasteiger partial charge in [0.25, 0.3) is 0 Å². The van der Waals surface area contributed by atoms with E-state index in [1.54, 1.807) is 37.4 Å². The van der Waals surface area contributed by atoms with Gasteiger partial charge in [-0.05, 0) is 35.7 Å². The molecule has 0 heterocycles. The lowest BCUT2D eigenvalue weighted by Crippen LogP contribution is -2.14. The molecule has 104 valence electrons. The highest BCUT2D eigenvalue weighted by Gasteiger charge is 2.21. The fraction of sp³-hybridized carbons (Fsp3) is 0.188. The Morgan fingerprint density at radius 1 is 1.20 bits per heavy atom. The fourth-order valence-corrected chi connectivity index (χ4v) is 2.28. The first-order valence-corrected chi connectivity index (χ1v) is 6.59. The molecule has 0 aromatic heterocycles. The molecule has 20 heavy (non-hydrogen) atoms. The van der Waals surface area contributed by atoms with Gasteiger partial charge in [-0.15, -0.1) is 0 Å². The molecular weight excluding hydrogens is 276 g/mol. The molecule has 2 rings (SSSR count). The molecule has 1 N–H and O–H groups in total. The molecule has 1 unspecified atom stereocenters. The average molecular weight is 291 g/mol. The molecule has 0 aliphatic heterocycles. The highest BCUT2D eigenvalue weighted by molar-refractivity contribution is 6.31. The van der Waals surface area contributed by atoms with E-state index in [0.717, 1.165) is 11.1 Å². The summed E-state index contributed by atoms with van der Waals surface area (Å²) in [4.78, 5) is 11.5. The second-order valence-corrected chi connectivity index (χ2v) is 4.87. The fourth-order valence-electron chi connectivity index (χ4n) is 2.07. The van der Waals surface area contributed by atoms with Crippen LogP contribution in [0.15, 0.2) is 48.5 Å². The Balaban J connectivity index is 2.27. The standard InChI is InChI=1S/C16H15ClO3/c1-20-13-8-6-11(7-9-13)14(16(18)19)10-12-4-2-3-5-15(12)17/h2-9,14H,10H2,1H3,(H,18,19). The van der Waals surface area contributed by atoms with Crippen LogP contribution in [-0.4, -0.2) is 18.2 Å². The van der Waals surface area contributed by atoms with Crippen LogP contribution in [0, 0.1) is 0 Å². The molecule has 0 aliphatic rings. The number of carboxylic acid groups (broad SMARTS) is 1. The molecule has 0 spiro atoms. The van der Waals surface area contributed by atoms with Crippen LogP contribution < -0.4 is 4.74 Å². The zero-order valence-electron chi connectivity index (χ0n) is 11.0. The van der Waals surface area contributed by atoms with Crippen molar-refractivity contribution in [1.29, 1.82) is 0 Å². The van der Waals surface area contributed by atoms with Gasteiger partial charge in [-0.3, -0.25) is 4.79 Å². The maximum Gasteiger partial charge on any atom is 0.311 e. The van der Waals surface area contributed by atoms with Crippen LogP contribution in [0.1, 0.15) is 17.0 Å². The molecule has 0 amide bonds. The van der Waals surface area contributed by atoms with Crippen molar-refractivity contribution in [2.75, 3.05) is 7.11 Å². The van der Waals surface area contributed by atoms with Gasteiger partial charge in [0.05, 0.1) is 13.0 Å². The number of rotatable bonds is 5. The zero-order chi connectivity index (χ0) is 14.5. The Kier molecular flexibility index (Phi) is 4.64. The van der Waals surface area contributed by atoms with Crippen molar-refractivity contribution in [1.82, 2.24) is 0 Å². The number of halogens is 1. The van der Waals surface area contributed by atoms with Gasteiger partial charge in [0.1, 0.15) is 5.75 Å². The molecule has 0 saturated carbocycles. The molecular formula is C16H15ClO3. The SMILES string of the molecule is COc1ccc(C(Cc2ccccc2Cl)C(=O)O)cc1. The highest BCUT2D eigenvalue weighted by atomic mass is 35.5. The summed E-state index contributed by atoms with van der Waals surface area (Å²) >= 11 is 6.10. The normalized spacial score (nSPS) is 11.9. The number of hydrogen-bond donors (Lipinski definition) is 1. The van der Waals surface area contributed by atoms with Gasteiger partial charge in [0.15, 0.2) is 0 Å². The topological polar surface area (TPSA) is 46.5 Å². The summed E-state index contributed by atoms with van der Waals surface area (Å²) in [5, 5.41) is 10.0. The van der Waals surface area contributed by atoms with E-state index in [4.69, 9.17) is 16.3 Å². The summed E-state index contributed by atoms with van der Waals surface area (Å²) < 4.78 is 5.08. The average Bonchev–Trinajstić information content (AvgIpc) is 2.46. The second-order valence-electron chi connectivity index (χ2n) is 4.46. The zero-order valence-corrected chi connectivity index (χ0v) is 11.8. The molecule has 1 atom stereocenters. The first kappa shape index (κ1) is 14.4. The van der Waals surface area contributed by atoms with Crippen LogP contribution >= 0.6 is 11.6 Å². The molecule has 0 aliphatic carbocycles. The monoisotopic (exact) mass is 290 g/mol. The predicted molar refractivity (Wildman–Crippen MR) is 78.5 cm³/mol. The van der Waals surface area contributed by atoms with Gasteiger partial charge in [-0.2, -0.15) is 0 Å². The first-order chi connectivity index (χ1) is 9.61. The van der Waals surface area contributed by atoms with Crippen molar-refractivity contribution >= 4 is 17.6 Å². The van der Waals surface area contributed by atoms with Crippen molar-refractivity contribution in [2.45, 2.75) is 12.3 Å². The van der Waals surface area contributed by atoms with E-state index in [0.29, 0.717) is 17.2 Å². The summed E-state index contributed by atoms with van der Waals surface area (Å²) in [7, 11) is 1.58. The minimum absolute atomic E-state index is 0.362. The number of carboxylic acids is 1. The van der Waals surface area contributed by atoms with Crippen LogP contribution in [0.25, 0.3) is 0 Å². The van der Waals surface area contributed by atoms with E-state index in [-0.39, 0.29) is 0 Å². The number of carbonyl (C=O) groups is 1. The van der Waals surface area contributed by atoms with Gasteiger partial charge >= 0.3 is 5.97 Å². The smallest absolute Gasteiger partial charge is 0.311 e. The molecule has 0 saturated heterocycles. The minimum atomic E-state index is -0.866. The molecule has 2 aromatic carbocycles. The van der Waals surface area contributed by atoms with E-state index < -0.39 is 11.9 Å². The first-order valence-electron chi connectivity index (χ1n) is 6.22. The number of aliphatic carboxylic acids is 1. The van der Waals surface area contributed by atoms with E-state index >= 15 is 0 Å². The molecule has 2 aromatic rings. The largest absolute Gasteiger partial charge is 0.497 e. The summed E-state index contributed by atoms with van der Waals surface area (Å²) in [6, 6.07) is 14.4. The number of benzene rings is 2. The number of ether oxygens (including phenoxy) is 1. The van der Waals surface area contributed by atoms with Crippen LogP contribution in [0.5, 0.6) is 5.75 Å². The van der Waals surface area contributed by atoms with E-state index in [2.05, 4.69) is 0 Å². The Bertz CT molecular complexity index is 593. The predicted octanol–water partition coefficient (Wildman–Crippen LogP) is 3.76. The van der Waals surface area contributed by atoms with Gasteiger partial charge in [-0.1, -0.05) is 41.9 Å². The Hall–Kier alpha value is -2.00. The van der Waals surface area contributed by atoms with Crippen LogP contribution in [0.4, 0.5) is 0 Å². The molecule has 0 radical (unpaired) electrons. The third kappa shape index (κ3) is 3.31. The van der Waals surface area contributed by atoms with Crippen molar-refractivity contribution in [2.24, 2.45) is 0 Å². The Morgan fingerprint density at radius 2 is 1.85 bits per heavy atom. The lowest BCUT2D eigenvalue weighted by molar-refractivity contribution is -0.138. The third-order valence-corrected chi connectivity index (χ3v) is 3.57. The van der Waals surface area contributed by atoms with E-state index in [1.807, 2.05) is 18.2 Å². The number of methoxy groups -OCH3 is 1. The summed E-state index contributed by atoms with van der Waals surface area (Å²) in [5.41, 5.74) is 1.57. The van der Waals surface area contributed by atoms with E-state index in [9.17, 15) is 9.90 Å². The molecule has 3 nitrogen and oxygen atoms in total. The molecule has 4 heteroatoms. The van der Waals surface area contributed by atoms with Crippen LogP contribution in [0.3, 0.4) is 0 Å². The molecule has 0 fully saturated rings. The number of hydrogen-bond acceptors (Lipinski definition) is 2. The highest BCUT2D eigenvalue weighted by Crippen LogP contribution is 2.26. The van der Waals surface area contributed by atoms with Crippen LogP contribution in [-0.2, 0) is 11.2 Å². The second kappa shape index (κ2) is 6.44. The minimum Gasteiger partial charge on any atom is -0.497 e. The molecule has 0 bridgehead atoms. The van der Waals surface area contributed by atoms with Crippen molar-refractivity contribution in [3.63, 3.8) is 0 Å². The van der Waals surface area contributed by atoms with E-state index in [1.165, 1.54) is 0 Å². The summed E-state index contributed by atoms with van der Waals surface area (Å²) in [6.07, 6.45) is 0.362. The lowest BCUT2D eigenvalue weighted by Gasteiger charge is -2.14. The Morgan fingerprint density at radius 3 is 2.40 bits per heavy atom. The quantitative estimate of drug-likeness (QED) is 0.912. The maximum atomic E-state index is 11.5.